The summed E-state index contributed by atoms with van der Waals surface area (Å²) in [7, 11) is 0. The van der Waals surface area contributed by atoms with E-state index >= 15 is 0 Å². The molecule has 0 saturated heterocycles. The predicted octanol–water partition coefficient (Wildman–Crippen LogP) is 10.9. The van der Waals surface area contributed by atoms with Crippen molar-refractivity contribution in [2.24, 2.45) is 0 Å². The largest absolute Gasteiger partial charge is 0.348 e. The van der Waals surface area contributed by atoms with Crippen molar-refractivity contribution >= 4 is 11.4 Å². The molecule has 0 fully saturated rings. The first kappa shape index (κ1) is 31.6. The number of hydrogen-bond acceptors (Lipinski definition) is 0. The average molecular weight is 513 g/mol. The molecular weight excluding hydrogens is 460 g/mol. The van der Waals surface area contributed by atoms with Crippen LogP contribution in [0.4, 0.5) is 0 Å². The first-order valence-electron chi connectivity index (χ1n) is 15.6. The third kappa shape index (κ3) is 11.0. The lowest BCUT2D eigenvalue weighted by Gasteiger charge is -2.18. The number of unbranched alkanes of at least 4 members (excludes halogenated alkanes) is 8. The van der Waals surface area contributed by atoms with Crippen molar-refractivity contribution in [2.45, 2.75) is 130 Å². The quantitative estimate of drug-likeness (QED) is 0.0590. The molecule has 206 valence electrons. The van der Waals surface area contributed by atoms with Gasteiger partial charge in [0.15, 0.2) is 0 Å². The normalized spacial score (nSPS) is 11.6. The second kappa shape index (κ2) is 19.4. The highest BCUT2D eigenvalue weighted by Gasteiger charge is 2.18. The number of rotatable bonds is 19. The van der Waals surface area contributed by atoms with Gasteiger partial charge >= 0.3 is 5.87 Å². The van der Waals surface area contributed by atoms with Crippen LogP contribution >= 0.6 is 0 Å². The molecule has 0 aliphatic carbocycles. The van der Waals surface area contributed by atoms with Gasteiger partial charge in [-0.15, -0.1) is 4.79 Å². The van der Waals surface area contributed by atoms with Gasteiger partial charge in [-0.3, -0.25) is 0 Å². The van der Waals surface area contributed by atoms with Crippen LogP contribution in [0.2, 0.25) is 0 Å². The highest BCUT2D eigenvalue weighted by molar-refractivity contribution is 5.87. The second-order valence-electron chi connectivity index (χ2n) is 10.8. The van der Waals surface area contributed by atoms with E-state index in [1.54, 1.807) is 0 Å². The summed E-state index contributed by atoms with van der Waals surface area (Å²) < 4.78 is 0. The Hall–Kier alpha value is -2.66. The number of nitrogens with zero attached hydrogens (tertiary/aromatic N) is 2. The SMILES string of the molecule is CCCCCCc1cccc(C(=C(CCCCC)C(=C=[N+]=[N-])CCCC)c2ccc(CCCCC)cc2)c1. The fourth-order valence-corrected chi connectivity index (χ4v) is 5.24. The summed E-state index contributed by atoms with van der Waals surface area (Å²) in [6, 6.07) is 18.5. The Kier molecular flexibility index (Phi) is 16.1. The van der Waals surface area contributed by atoms with Crippen LogP contribution < -0.4 is 0 Å². The molecule has 2 nitrogen and oxygen atoms in total. The van der Waals surface area contributed by atoms with Gasteiger partial charge in [0, 0.05) is 0 Å². The van der Waals surface area contributed by atoms with E-state index in [-0.39, 0.29) is 0 Å². The minimum atomic E-state index is 0.886. The second-order valence-corrected chi connectivity index (χ2v) is 10.8. The molecule has 2 aromatic carbocycles. The van der Waals surface area contributed by atoms with E-state index in [0.29, 0.717) is 0 Å². The molecule has 0 heterocycles. The number of aryl methyl sites for hydroxylation is 2. The molecule has 0 amide bonds. The van der Waals surface area contributed by atoms with Gasteiger partial charge in [-0.05, 0) is 84.8 Å². The Morgan fingerprint density at radius 3 is 1.95 bits per heavy atom. The lowest BCUT2D eigenvalue weighted by atomic mass is 9.84. The van der Waals surface area contributed by atoms with Crippen LogP contribution in [0.3, 0.4) is 0 Å². The van der Waals surface area contributed by atoms with E-state index in [1.165, 1.54) is 91.2 Å². The van der Waals surface area contributed by atoms with E-state index in [2.05, 4.69) is 86.9 Å². The average Bonchev–Trinajstić information content (AvgIpc) is 2.94. The maximum atomic E-state index is 9.57. The molecule has 2 rings (SSSR count). The number of benzene rings is 2. The van der Waals surface area contributed by atoms with Crippen LogP contribution in [-0.4, -0.2) is 10.7 Å². The third-order valence-corrected chi connectivity index (χ3v) is 7.51. The van der Waals surface area contributed by atoms with Gasteiger partial charge in [0.05, 0.1) is 5.57 Å². The molecule has 0 spiro atoms. The Balaban J connectivity index is 2.63. The fraction of sp³-hybridized carbons (Fsp3) is 0.556. The van der Waals surface area contributed by atoms with Crippen LogP contribution in [0.15, 0.2) is 59.7 Å². The molecule has 0 N–H and O–H groups in total. The molecule has 0 saturated carbocycles. The fourth-order valence-electron chi connectivity index (χ4n) is 5.24. The van der Waals surface area contributed by atoms with Gasteiger partial charge in [-0.1, -0.05) is 128 Å². The summed E-state index contributed by atoms with van der Waals surface area (Å²) in [4.78, 5) is 3.42. The zero-order chi connectivity index (χ0) is 27.4. The van der Waals surface area contributed by atoms with Crippen LogP contribution in [0.1, 0.15) is 140 Å². The highest BCUT2D eigenvalue weighted by atomic mass is 14.8. The molecule has 0 aliphatic heterocycles. The molecule has 38 heavy (non-hydrogen) atoms. The molecule has 0 unspecified atom stereocenters. The van der Waals surface area contributed by atoms with E-state index < -0.39 is 0 Å². The molecule has 0 radical (unpaired) electrons. The molecule has 2 aromatic rings. The predicted molar refractivity (Wildman–Crippen MR) is 166 cm³/mol. The first-order chi connectivity index (χ1) is 18.7. The smallest absolute Gasteiger partial charge is 0.303 e. The van der Waals surface area contributed by atoms with Gasteiger partial charge < -0.3 is 5.53 Å². The lowest BCUT2D eigenvalue weighted by Crippen LogP contribution is -2.02. The molecule has 2 heteroatoms. The van der Waals surface area contributed by atoms with Crippen molar-refractivity contribution in [1.29, 1.82) is 0 Å². The summed E-state index contributed by atoms with van der Waals surface area (Å²) in [6.07, 6.45) is 18.7. The van der Waals surface area contributed by atoms with E-state index in [9.17, 15) is 5.53 Å². The standard InChI is InChI=1S/C36H52N2/c1-5-9-13-16-19-31-20-17-22-33(28-31)36(32-26-24-30(25-27-32)18-14-10-6-2)35(23-15-11-7-3)34(29-38-37)21-12-8-4/h17,20,22,24-28H,5-16,18-19,21,23H2,1-4H3. The summed E-state index contributed by atoms with van der Waals surface area (Å²) in [5.41, 5.74) is 18.6. The van der Waals surface area contributed by atoms with Crippen molar-refractivity contribution in [3.8, 4) is 0 Å². The topological polar surface area (TPSA) is 36.4 Å². The maximum Gasteiger partial charge on any atom is 0.303 e. The van der Waals surface area contributed by atoms with Crippen molar-refractivity contribution in [1.82, 2.24) is 0 Å². The molecule has 0 bridgehead atoms. The van der Waals surface area contributed by atoms with Gasteiger partial charge in [0.1, 0.15) is 0 Å². The van der Waals surface area contributed by atoms with E-state index in [0.717, 1.165) is 50.5 Å². The van der Waals surface area contributed by atoms with Crippen molar-refractivity contribution in [3.63, 3.8) is 0 Å². The molecule has 0 aromatic heterocycles. The molecule has 0 atom stereocenters. The zero-order valence-corrected chi connectivity index (χ0v) is 24.8. The van der Waals surface area contributed by atoms with Gasteiger partial charge in [0.25, 0.3) is 0 Å². The van der Waals surface area contributed by atoms with Crippen molar-refractivity contribution in [2.75, 3.05) is 0 Å². The number of allylic oxidation sites excluding steroid dienone is 2. The van der Waals surface area contributed by atoms with Crippen LogP contribution in [0.5, 0.6) is 0 Å². The summed E-state index contributed by atoms with van der Waals surface area (Å²) >= 11 is 0. The zero-order valence-electron chi connectivity index (χ0n) is 24.8. The van der Waals surface area contributed by atoms with Gasteiger partial charge in [-0.2, -0.15) is 0 Å². The van der Waals surface area contributed by atoms with Gasteiger partial charge in [-0.25, -0.2) is 0 Å². The Bertz CT molecular complexity index is 1050. The molecule has 0 aliphatic rings. The Morgan fingerprint density at radius 1 is 0.632 bits per heavy atom. The first-order valence-corrected chi connectivity index (χ1v) is 15.6. The number of hydrogen-bond donors (Lipinski definition) is 0. The van der Waals surface area contributed by atoms with Crippen molar-refractivity contribution in [3.05, 3.63) is 87.5 Å². The lowest BCUT2D eigenvalue weighted by molar-refractivity contribution is 0.00739. The monoisotopic (exact) mass is 512 g/mol. The van der Waals surface area contributed by atoms with E-state index in [4.69, 9.17) is 0 Å². The summed E-state index contributed by atoms with van der Waals surface area (Å²) in [6.45, 7) is 9.00. The van der Waals surface area contributed by atoms with Gasteiger partial charge in [0.2, 0.25) is 0 Å². The minimum Gasteiger partial charge on any atom is -0.348 e. The third-order valence-electron chi connectivity index (χ3n) is 7.51. The highest BCUT2D eigenvalue weighted by Crippen LogP contribution is 2.35. The van der Waals surface area contributed by atoms with Crippen LogP contribution in [0, 0.1) is 0 Å². The Morgan fingerprint density at radius 2 is 1.26 bits per heavy atom. The van der Waals surface area contributed by atoms with Crippen LogP contribution in [0.25, 0.3) is 11.1 Å². The molecular formula is C36H52N2. The maximum absolute atomic E-state index is 9.57. The summed E-state index contributed by atoms with van der Waals surface area (Å²) in [5, 5.41) is 0. The van der Waals surface area contributed by atoms with Crippen molar-refractivity contribution < 1.29 is 4.79 Å². The van der Waals surface area contributed by atoms with E-state index in [1.807, 2.05) is 0 Å². The minimum absolute atomic E-state index is 0.886. The summed E-state index contributed by atoms with van der Waals surface area (Å²) in [5.74, 6) is 3.01. The Labute approximate surface area is 233 Å². The van der Waals surface area contributed by atoms with Crippen LogP contribution in [-0.2, 0) is 12.8 Å².